The van der Waals surface area contributed by atoms with Crippen molar-refractivity contribution in [2.45, 2.75) is 26.2 Å². The zero-order valence-corrected chi connectivity index (χ0v) is 12.4. The predicted octanol–water partition coefficient (Wildman–Crippen LogP) is 3.27. The summed E-state index contributed by atoms with van der Waals surface area (Å²) in [7, 11) is 0. The highest BCUT2D eigenvalue weighted by Crippen LogP contribution is 2.34. The molecule has 21 heavy (non-hydrogen) atoms. The zero-order chi connectivity index (χ0) is 15.5. The molecule has 0 spiro atoms. The van der Waals surface area contributed by atoms with Gasteiger partial charge in [0.05, 0.1) is 5.56 Å². The smallest absolute Gasteiger partial charge is 0.230 e. The maximum absolute atomic E-state index is 8.84. The van der Waals surface area contributed by atoms with Gasteiger partial charge >= 0.3 is 0 Å². The molecule has 110 valence electrons. The lowest BCUT2D eigenvalue weighted by Gasteiger charge is -2.22. The van der Waals surface area contributed by atoms with Crippen molar-refractivity contribution >= 4 is 5.84 Å². The molecule has 0 saturated carbocycles. The Morgan fingerprint density at radius 1 is 1.19 bits per heavy atom. The molecule has 0 amide bonds. The van der Waals surface area contributed by atoms with Crippen molar-refractivity contribution in [3.63, 3.8) is 0 Å². The summed E-state index contributed by atoms with van der Waals surface area (Å²) in [4.78, 5) is 4.17. The van der Waals surface area contributed by atoms with Crippen molar-refractivity contribution in [2.75, 3.05) is 0 Å². The summed E-state index contributed by atoms with van der Waals surface area (Å²) in [5, 5.41) is 11.8. The average Bonchev–Trinajstić information content (AvgIpc) is 2.46. The summed E-state index contributed by atoms with van der Waals surface area (Å²) in [5.41, 5.74) is 7.09. The Hall–Kier alpha value is -2.56. The Bertz CT molecular complexity index is 661. The molecule has 2 aromatic rings. The van der Waals surface area contributed by atoms with Crippen LogP contribution in [0.4, 0.5) is 0 Å². The van der Waals surface area contributed by atoms with Crippen LogP contribution < -0.4 is 10.5 Å². The first-order valence-corrected chi connectivity index (χ1v) is 6.64. The molecule has 5 heteroatoms. The molecule has 0 aliphatic heterocycles. The Morgan fingerprint density at radius 2 is 1.90 bits per heavy atom. The molecule has 2 rings (SSSR count). The number of ether oxygens (including phenoxy) is 1. The molecule has 3 N–H and O–H groups in total. The van der Waals surface area contributed by atoms with Crippen molar-refractivity contribution in [3.8, 4) is 11.6 Å². The van der Waals surface area contributed by atoms with E-state index in [0.717, 1.165) is 5.56 Å². The van der Waals surface area contributed by atoms with Gasteiger partial charge in [0.1, 0.15) is 5.75 Å². The van der Waals surface area contributed by atoms with Gasteiger partial charge in [-0.05, 0) is 23.6 Å². The molecule has 0 bridgehead atoms. The Balaban J connectivity index is 2.45. The van der Waals surface area contributed by atoms with Crippen LogP contribution in [0.25, 0.3) is 0 Å². The van der Waals surface area contributed by atoms with Crippen LogP contribution in [0.5, 0.6) is 11.6 Å². The van der Waals surface area contributed by atoms with Gasteiger partial charge in [-0.1, -0.05) is 44.1 Å². The second-order valence-electron chi connectivity index (χ2n) is 5.69. The number of pyridine rings is 1. The Labute approximate surface area is 124 Å². The fourth-order valence-corrected chi connectivity index (χ4v) is 2.00. The van der Waals surface area contributed by atoms with Crippen LogP contribution in [0, 0.1) is 0 Å². The predicted molar refractivity (Wildman–Crippen MR) is 82.0 cm³/mol. The van der Waals surface area contributed by atoms with Crippen LogP contribution in [-0.4, -0.2) is 16.0 Å². The van der Waals surface area contributed by atoms with E-state index in [4.69, 9.17) is 15.7 Å². The largest absolute Gasteiger partial charge is 0.438 e. The van der Waals surface area contributed by atoms with Gasteiger partial charge in [-0.15, -0.1) is 0 Å². The van der Waals surface area contributed by atoms with Crippen LogP contribution in [0.15, 0.2) is 47.8 Å². The van der Waals surface area contributed by atoms with Crippen LogP contribution >= 0.6 is 0 Å². The third kappa shape index (κ3) is 3.31. The molecule has 5 nitrogen and oxygen atoms in total. The highest BCUT2D eigenvalue weighted by Gasteiger charge is 2.20. The summed E-state index contributed by atoms with van der Waals surface area (Å²) in [6.07, 6.45) is 1.60. The summed E-state index contributed by atoms with van der Waals surface area (Å²) in [5.74, 6) is 0.978. The maximum atomic E-state index is 8.84. The molecule has 1 aromatic heterocycles. The molecule has 0 radical (unpaired) electrons. The molecule has 0 aliphatic rings. The monoisotopic (exact) mass is 285 g/mol. The maximum Gasteiger partial charge on any atom is 0.230 e. The van der Waals surface area contributed by atoms with Gasteiger partial charge in [-0.25, -0.2) is 4.98 Å². The number of aromatic nitrogens is 1. The van der Waals surface area contributed by atoms with E-state index in [9.17, 15) is 0 Å². The van der Waals surface area contributed by atoms with E-state index in [1.54, 1.807) is 18.3 Å². The lowest BCUT2D eigenvalue weighted by molar-refractivity contribution is 0.318. The number of nitrogens with zero attached hydrogens (tertiary/aromatic N) is 2. The fourth-order valence-electron chi connectivity index (χ4n) is 2.00. The molecule has 0 aliphatic carbocycles. The van der Waals surface area contributed by atoms with Gasteiger partial charge in [0, 0.05) is 11.8 Å². The van der Waals surface area contributed by atoms with E-state index in [-0.39, 0.29) is 11.3 Å². The second kappa shape index (κ2) is 5.83. The fraction of sp³-hybridized carbons (Fsp3) is 0.250. The lowest BCUT2D eigenvalue weighted by atomic mass is 9.86. The topological polar surface area (TPSA) is 80.7 Å². The van der Waals surface area contributed by atoms with Gasteiger partial charge < -0.3 is 15.7 Å². The first-order valence-electron chi connectivity index (χ1n) is 6.64. The summed E-state index contributed by atoms with van der Waals surface area (Å²) in [6, 6.07) is 11.2. The molecule has 0 unspecified atom stereocenters. The van der Waals surface area contributed by atoms with E-state index < -0.39 is 0 Å². The van der Waals surface area contributed by atoms with Crippen LogP contribution in [-0.2, 0) is 5.41 Å². The van der Waals surface area contributed by atoms with E-state index in [1.165, 1.54) is 0 Å². The Morgan fingerprint density at radius 3 is 2.57 bits per heavy atom. The minimum atomic E-state index is -0.0673. The Kier molecular flexibility index (Phi) is 4.12. The molecule has 0 atom stereocenters. The lowest BCUT2D eigenvalue weighted by Crippen LogP contribution is -2.16. The number of nitrogens with two attached hydrogens (primary N) is 1. The standard InChI is InChI=1S/C16H19N3O2/c1-16(2,3)12-8-4-5-9-13(12)21-15-11(14(17)19-20)7-6-10-18-15/h4-10,20H,1-3H3,(H2,17,19). The van der Waals surface area contributed by atoms with E-state index >= 15 is 0 Å². The van der Waals surface area contributed by atoms with Crippen LogP contribution in [0.2, 0.25) is 0 Å². The quantitative estimate of drug-likeness (QED) is 0.392. The number of oxime groups is 1. The van der Waals surface area contributed by atoms with Crippen molar-refractivity contribution in [1.82, 2.24) is 4.98 Å². The molecule has 1 aromatic carbocycles. The van der Waals surface area contributed by atoms with Crippen LogP contribution in [0.1, 0.15) is 31.9 Å². The number of benzene rings is 1. The minimum absolute atomic E-state index is 0.0358. The minimum Gasteiger partial charge on any atom is -0.438 e. The number of amidine groups is 1. The van der Waals surface area contributed by atoms with Gasteiger partial charge in [0.2, 0.25) is 5.88 Å². The van der Waals surface area contributed by atoms with Gasteiger partial charge in [-0.3, -0.25) is 0 Å². The molecular formula is C16H19N3O2. The SMILES string of the molecule is CC(C)(C)c1ccccc1Oc1ncccc1/C(N)=N/O. The van der Waals surface area contributed by atoms with Crippen molar-refractivity contribution in [1.29, 1.82) is 0 Å². The molecule has 1 heterocycles. The number of hydrogen-bond acceptors (Lipinski definition) is 4. The van der Waals surface area contributed by atoms with E-state index in [2.05, 4.69) is 30.9 Å². The van der Waals surface area contributed by atoms with E-state index in [0.29, 0.717) is 17.2 Å². The summed E-state index contributed by atoms with van der Waals surface area (Å²) < 4.78 is 5.91. The number of rotatable bonds is 3. The van der Waals surface area contributed by atoms with Crippen molar-refractivity contribution in [3.05, 3.63) is 53.7 Å². The number of hydrogen-bond donors (Lipinski definition) is 2. The first kappa shape index (κ1) is 14.8. The molecule has 0 saturated heterocycles. The van der Waals surface area contributed by atoms with Gasteiger partial charge in [0.15, 0.2) is 5.84 Å². The van der Waals surface area contributed by atoms with Crippen molar-refractivity contribution < 1.29 is 9.94 Å². The summed E-state index contributed by atoms with van der Waals surface area (Å²) >= 11 is 0. The zero-order valence-electron chi connectivity index (χ0n) is 12.4. The number of para-hydroxylation sites is 1. The van der Waals surface area contributed by atoms with Crippen LogP contribution in [0.3, 0.4) is 0 Å². The van der Waals surface area contributed by atoms with Gasteiger partial charge in [0.25, 0.3) is 0 Å². The van der Waals surface area contributed by atoms with Gasteiger partial charge in [-0.2, -0.15) is 0 Å². The highest BCUT2D eigenvalue weighted by molar-refractivity contribution is 5.99. The highest BCUT2D eigenvalue weighted by atomic mass is 16.5. The second-order valence-corrected chi connectivity index (χ2v) is 5.69. The molecule has 0 fully saturated rings. The molecular weight excluding hydrogens is 266 g/mol. The van der Waals surface area contributed by atoms with Crippen molar-refractivity contribution in [2.24, 2.45) is 10.9 Å². The summed E-state index contributed by atoms with van der Waals surface area (Å²) in [6.45, 7) is 6.33. The van der Waals surface area contributed by atoms with E-state index in [1.807, 2.05) is 24.3 Å². The third-order valence-electron chi connectivity index (χ3n) is 3.06. The first-order chi connectivity index (χ1) is 9.93. The third-order valence-corrected chi connectivity index (χ3v) is 3.06. The normalized spacial score (nSPS) is 12.2. The average molecular weight is 285 g/mol.